The molecule has 0 spiro atoms. The Balaban J connectivity index is 1.47. The van der Waals surface area contributed by atoms with Crippen molar-refractivity contribution in [2.75, 3.05) is 0 Å². The molecule has 0 saturated carbocycles. The van der Waals surface area contributed by atoms with Gasteiger partial charge in [-0.3, -0.25) is 10.1 Å². The number of para-hydroxylation sites is 1. The summed E-state index contributed by atoms with van der Waals surface area (Å²) >= 11 is 0. The number of H-pyrrole nitrogens is 1. The van der Waals surface area contributed by atoms with Crippen molar-refractivity contribution in [2.24, 2.45) is 0 Å². The molecule has 0 aliphatic carbocycles. The van der Waals surface area contributed by atoms with Crippen LogP contribution in [0, 0.1) is 0 Å². The van der Waals surface area contributed by atoms with Crippen molar-refractivity contribution in [2.45, 2.75) is 25.1 Å². The van der Waals surface area contributed by atoms with Crippen LogP contribution in [0.3, 0.4) is 0 Å². The first-order chi connectivity index (χ1) is 14.3. The molecule has 0 fully saturated rings. The lowest BCUT2D eigenvalue weighted by Crippen LogP contribution is -2.45. The standard InChI is InChI=1S/C25H22N2O2/c28-25(29-16-17-9-3-1-4-10-17)22-15-20-19-13-7-8-14-21(19)26-24(20)23(27-22)18-11-5-2-6-12-18/h1-14,22-23,26-27H,15-16H2/t22-,23-/m0/s1. The van der Waals surface area contributed by atoms with Gasteiger partial charge in [0.1, 0.15) is 12.6 Å². The molecule has 0 radical (unpaired) electrons. The normalized spacial score (nSPS) is 18.3. The molecule has 2 N–H and O–H groups in total. The summed E-state index contributed by atoms with van der Waals surface area (Å²) in [6.45, 7) is 0.286. The Bertz CT molecular complexity index is 1140. The quantitative estimate of drug-likeness (QED) is 0.511. The summed E-state index contributed by atoms with van der Waals surface area (Å²) in [5.74, 6) is -0.217. The number of benzene rings is 3. The van der Waals surface area contributed by atoms with Crippen molar-refractivity contribution in [3.05, 3.63) is 107 Å². The Morgan fingerprint density at radius 2 is 1.59 bits per heavy atom. The highest BCUT2D eigenvalue weighted by Crippen LogP contribution is 2.35. The molecule has 0 unspecified atom stereocenters. The zero-order chi connectivity index (χ0) is 19.6. The Morgan fingerprint density at radius 1 is 0.897 bits per heavy atom. The number of nitrogens with one attached hydrogen (secondary N) is 2. The molecule has 2 heterocycles. The first-order valence-corrected chi connectivity index (χ1v) is 9.90. The number of fused-ring (bicyclic) bond motifs is 3. The van der Waals surface area contributed by atoms with E-state index in [1.807, 2.05) is 60.7 Å². The van der Waals surface area contributed by atoms with E-state index < -0.39 is 6.04 Å². The number of esters is 1. The summed E-state index contributed by atoms with van der Waals surface area (Å²) in [5, 5.41) is 4.69. The lowest BCUT2D eigenvalue weighted by Gasteiger charge is -2.30. The van der Waals surface area contributed by atoms with Crippen LogP contribution in [-0.2, 0) is 22.6 Å². The number of ether oxygens (including phenoxy) is 1. The van der Waals surface area contributed by atoms with Crippen LogP contribution < -0.4 is 5.32 Å². The predicted molar refractivity (Wildman–Crippen MR) is 113 cm³/mol. The van der Waals surface area contributed by atoms with Crippen LogP contribution in [0.1, 0.15) is 28.4 Å². The summed E-state index contributed by atoms with van der Waals surface area (Å²) in [6.07, 6.45) is 0.607. The number of rotatable bonds is 4. The summed E-state index contributed by atoms with van der Waals surface area (Å²) in [6, 6.07) is 27.8. The van der Waals surface area contributed by atoms with E-state index in [0.29, 0.717) is 6.42 Å². The fraction of sp³-hybridized carbons (Fsp3) is 0.160. The number of hydrogen-bond acceptors (Lipinski definition) is 3. The Morgan fingerprint density at radius 3 is 2.38 bits per heavy atom. The van der Waals surface area contributed by atoms with E-state index in [0.717, 1.165) is 22.3 Å². The van der Waals surface area contributed by atoms with Gasteiger partial charge in [-0.05, 0) is 22.8 Å². The lowest BCUT2D eigenvalue weighted by atomic mass is 9.90. The van der Waals surface area contributed by atoms with Crippen molar-refractivity contribution >= 4 is 16.9 Å². The van der Waals surface area contributed by atoms with Gasteiger partial charge in [0, 0.05) is 23.0 Å². The summed E-state index contributed by atoms with van der Waals surface area (Å²) in [5.41, 5.74) is 5.53. The minimum atomic E-state index is -0.393. The van der Waals surface area contributed by atoms with E-state index in [-0.39, 0.29) is 18.6 Å². The predicted octanol–water partition coefficient (Wildman–Crippen LogP) is 4.52. The highest BCUT2D eigenvalue weighted by molar-refractivity contribution is 5.87. The maximum atomic E-state index is 12.9. The molecule has 144 valence electrons. The molecule has 4 nitrogen and oxygen atoms in total. The number of carbonyl (C=O) groups is 1. The Kier molecular flexibility index (Phi) is 4.62. The summed E-state index contributed by atoms with van der Waals surface area (Å²) < 4.78 is 5.64. The van der Waals surface area contributed by atoms with Gasteiger partial charge in [0.05, 0.1) is 6.04 Å². The highest BCUT2D eigenvalue weighted by atomic mass is 16.5. The maximum absolute atomic E-state index is 12.9. The zero-order valence-corrected chi connectivity index (χ0v) is 16.0. The largest absolute Gasteiger partial charge is 0.460 e. The second-order valence-electron chi connectivity index (χ2n) is 7.42. The van der Waals surface area contributed by atoms with E-state index in [9.17, 15) is 4.79 Å². The monoisotopic (exact) mass is 382 g/mol. The van der Waals surface area contributed by atoms with Gasteiger partial charge in [-0.25, -0.2) is 0 Å². The zero-order valence-electron chi connectivity index (χ0n) is 16.0. The highest BCUT2D eigenvalue weighted by Gasteiger charge is 2.34. The third-order valence-electron chi connectivity index (χ3n) is 5.55. The maximum Gasteiger partial charge on any atom is 0.323 e. The lowest BCUT2D eigenvalue weighted by molar-refractivity contribution is -0.147. The van der Waals surface area contributed by atoms with Crippen LogP contribution in [0.5, 0.6) is 0 Å². The smallest absolute Gasteiger partial charge is 0.323 e. The van der Waals surface area contributed by atoms with E-state index in [4.69, 9.17) is 4.74 Å². The second-order valence-corrected chi connectivity index (χ2v) is 7.42. The number of carbonyl (C=O) groups excluding carboxylic acids is 1. The van der Waals surface area contributed by atoms with E-state index in [1.54, 1.807) is 0 Å². The molecule has 1 aliphatic heterocycles. The second kappa shape index (κ2) is 7.57. The fourth-order valence-corrected chi connectivity index (χ4v) is 4.12. The molecule has 1 aliphatic rings. The van der Waals surface area contributed by atoms with Crippen molar-refractivity contribution in [1.29, 1.82) is 0 Å². The van der Waals surface area contributed by atoms with Gasteiger partial charge < -0.3 is 9.72 Å². The van der Waals surface area contributed by atoms with Crippen LogP contribution in [0.15, 0.2) is 84.9 Å². The van der Waals surface area contributed by atoms with Gasteiger partial charge in [0.2, 0.25) is 0 Å². The van der Waals surface area contributed by atoms with Crippen LogP contribution in [-0.4, -0.2) is 17.0 Å². The summed E-state index contributed by atoms with van der Waals surface area (Å²) in [4.78, 5) is 16.5. The van der Waals surface area contributed by atoms with Gasteiger partial charge in [-0.2, -0.15) is 0 Å². The van der Waals surface area contributed by atoms with Crippen molar-refractivity contribution in [3.63, 3.8) is 0 Å². The van der Waals surface area contributed by atoms with Crippen molar-refractivity contribution in [1.82, 2.24) is 10.3 Å². The third-order valence-corrected chi connectivity index (χ3v) is 5.55. The van der Waals surface area contributed by atoms with Crippen LogP contribution in [0.4, 0.5) is 0 Å². The first kappa shape index (κ1) is 17.7. The van der Waals surface area contributed by atoms with E-state index in [2.05, 4.69) is 34.6 Å². The van der Waals surface area contributed by atoms with Crippen molar-refractivity contribution < 1.29 is 9.53 Å². The first-order valence-electron chi connectivity index (χ1n) is 9.90. The topological polar surface area (TPSA) is 54.1 Å². The number of aromatic nitrogens is 1. The van der Waals surface area contributed by atoms with Crippen molar-refractivity contribution in [3.8, 4) is 0 Å². The Labute approximate surface area is 169 Å². The van der Waals surface area contributed by atoms with E-state index >= 15 is 0 Å². The van der Waals surface area contributed by atoms with Gasteiger partial charge in [0.25, 0.3) is 0 Å². The van der Waals surface area contributed by atoms with Gasteiger partial charge >= 0.3 is 5.97 Å². The average Bonchev–Trinajstić information content (AvgIpc) is 3.17. The molecule has 0 amide bonds. The molecule has 0 bridgehead atoms. The third kappa shape index (κ3) is 3.43. The van der Waals surface area contributed by atoms with Crippen LogP contribution >= 0.6 is 0 Å². The minimum absolute atomic E-state index is 0.0818. The van der Waals surface area contributed by atoms with Gasteiger partial charge in [-0.1, -0.05) is 78.9 Å². The van der Waals surface area contributed by atoms with Gasteiger partial charge in [0.15, 0.2) is 0 Å². The SMILES string of the molecule is O=C(OCc1ccccc1)[C@@H]1Cc2c([nH]c3ccccc23)[C@H](c2ccccc2)N1. The number of aromatic amines is 1. The average molecular weight is 382 g/mol. The fourth-order valence-electron chi connectivity index (χ4n) is 4.12. The molecule has 29 heavy (non-hydrogen) atoms. The number of hydrogen-bond donors (Lipinski definition) is 2. The molecule has 2 atom stereocenters. The van der Waals surface area contributed by atoms with Crippen LogP contribution in [0.25, 0.3) is 10.9 Å². The molecular formula is C25H22N2O2. The molecular weight excluding hydrogens is 360 g/mol. The molecule has 4 heteroatoms. The molecule has 3 aromatic carbocycles. The minimum Gasteiger partial charge on any atom is -0.460 e. The molecule has 5 rings (SSSR count). The van der Waals surface area contributed by atoms with E-state index in [1.165, 1.54) is 10.9 Å². The molecule has 1 aromatic heterocycles. The molecule has 0 saturated heterocycles. The summed E-state index contributed by atoms with van der Waals surface area (Å²) in [7, 11) is 0. The van der Waals surface area contributed by atoms with Gasteiger partial charge in [-0.15, -0.1) is 0 Å². The molecule has 4 aromatic rings. The Hall–Kier alpha value is -3.37. The van der Waals surface area contributed by atoms with Crippen LogP contribution in [0.2, 0.25) is 0 Å².